The van der Waals surface area contributed by atoms with Crippen molar-refractivity contribution in [3.8, 4) is 0 Å². The van der Waals surface area contributed by atoms with Crippen molar-refractivity contribution in [1.82, 2.24) is 0 Å². The van der Waals surface area contributed by atoms with Crippen molar-refractivity contribution >= 4 is 11.8 Å². The van der Waals surface area contributed by atoms with Crippen LogP contribution in [0.3, 0.4) is 0 Å². The fourth-order valence-electron chi connectivity index (χ4n) is 6.84. The molecule has 2 aromatic rings. The van der Waals surface area contributed by atoms with Gasteiger partial charge in [0.05, 0.1) is 19.1 Å². The lowest BCUT2D eigenvalue weighted by atomic mass is 9.85. The van der Waals surface area contributed by atoms with Crippen molar-refractivity contribution in [3.63, 3.8) is 0 Å². The van der Waals surface area contributed by atoms with Crippen LogP contribution in [0.2, 0.25) is 0 Å². The van der Waals surface area contributed by atoms with Crippen LogP contribution in [0, 0.1) is 17.8 Å². The fourth-order valence-corrected chi connectivity index (χ4v) is 6.84. The zero-order chi connectivity index (χ0) is 33.5. The minimum Gasteiger partial charge on any atom is -0.460 e. The highest BCUT2D eigenvalue weighted by Gasteiger charge is 2.49. The number of unbranched alkanes of at least 4 members (excludes halogenated alkanes) is 6. The number of ether oxygens (including phenoxy) is 4. The Kier molecular flexibility index (Phi) is 15.4. The van der Waals surface area contributed by atoms with E-state index in [1.807, 2.05) is 60.7 Å². The number of hydrogen-bond acceptors (Lipinski definition) is 7. The number of Topliss-reactive ketones (excluding diaryl/α,β-unsaturated/α-hetero) is 1. The second-order valence-electron chi connectivity index (χ2n) is 13.8. The minimum atomic E-state index is -1.65. The zero-order valence-corrected chi connectivity index (χ0v) is 28.9. The van der Waals surface area contributed by atoms with Gasteiger partial charge < -0.3 is 24.1 Å². The molecular formula is C40H58O7. The van der Waals surface area contributed by atoms with E-state index in [9.17, 15) is 14.7 Å². The summed E-state index contributed by atoms with van der Waals surface area (Å²) in [5.41, 5.74) is -0.390. The molecule has 7 nitrogen and oxygen atoms in total. The van der Waals surface area contributed by atoms with Crippen molar-refractivity contribution < 1.29 is 33.6 Å². The van der Waals surface area contributed by atoms with E-state index in [2.05, 4.69) is 20.8 Å². The second-order valence-corrected chi connectivity index (χ2v) is 13.8. The first-order valence-electron chi connectivity index (χ1n) is 18.3. The maximum atomic E-state index is 14.9. The molecule has 1 N–H and O–H groups in total. The number of ketones is 1. The molecule has 1 saturated heterocycles. The average molecular weight is 651 g/mol. The molecule has 1 saturated carbocycles. The van der Waals surface area contributed by atoms with Crippen LogP contribution >= 0.6 is 0 Å². The molecule has 0 aromatic heterocycles. The topological polar surface area (TPSA) is 91.3 Å². The van der Waals surface area contributed by atoms with Crippen LogP contribution in [0.4, 0.5) is 0 Å². The summed E-state index contributed by atoms with van der Waals surface area (Å²) in [6.45, 7) is 7.36. The highest BCUT2D eigenvalue weighted by atomic mass is 16.7. The van der Waals surface area contributed by atoms with Crippen LogP contribution in [-0.2, 0) is 34.1 Å². The first-order valence-corrected chi connectivity index (χ1v) is 18.3. The predicted octanol–water partition coefficient (Wildman–Crippen LogP) is 8.50. The molecular weight excluding hydrogens is 592 g/mol. The van der Waals surface area contributed by atoms with E-state index in [4.69, 9.17) is 18.9 Å². The van der Waals surface area contributed by atoms with E-state index in [1.54, 1.807) is 0 Å². The smallest absolute Gasteiger partial charge is 0.348 e. The first kappa shape index (κ1) is 37.2. The maximum absolute atomic E-state index is 14.9. The number of aliphatic hydroxyl groups excluding tert-OH is 1. The van der Waals surface area contributed by atoms with Crippen molar-refractivity contribution in [2.45, 2.75) is 135 Å². The number of carbonyl (C=O) groups is 2. The molecule has 2 fully saturated rings. The molecule has 0 bridgehead atoms. The van der Waals surface area contributed by atoms with Crippen LogP contribution in [0.5, 0.6) is 0 Å². The Morgan fingerprint density at radius 1 is 0.851 bits per heavy atom. The Labute approximate surface area is 282 Å². The molecule has 0 amide bonds. The SMILES string of the molecule is CCCCCCC(=O)C1CCC(C)CC(OC(=O)C(OC(CCCCCC)OC(O)C2COC2)(c2ccccc2)c2ccccc2)C1. The molecule has 260 valence electrons. The van der Waals surface area contributed by atoms with Gasteiger partial charge in [0.2, 0.25) is 5.60 Å². The molecule has 7 heteroatoms. The van der Waals surface area contributed by atoms with Crippen molar-refractivity contribution in [2.75, 3.05) is 13.2 Å². The molecule has 4 rings (SSSR count). The number of benzene rings is 2. The summed E-state index contributed by atoms with van der Waals surface area (Å²) >= 11 is 0. The molecule has 2 aromatic carbocycles. The molecule has 5 atom stereocenters. The lowest BCUT2D eigenvalue weighted by Gasteiger charge is -2.39. The van der Waals surface area contributed by atoms with E-state index in [1.165, 1.54) is 0 Å². The average Bonchev–Trinajstić information content (AvgIpc) is 3.24. The van der Waals surface area contributed by atoms with Crippen molar-refractivity contribution in [1.29, 1.82) is 0 Å². The van der Waals surface area contributed by atoms with Crippen molar-refractivity contribution in [3.05, 3.63) is 71.8 Å². The quantitative estimate of drug-likeness (QED) is 0.0665. The molecule has 1 heterocycles. The lowest BCUT2D eigenvalue weighted by molar-refractivity contribution is -0.295. The molecule has 0 radical (unpaired) electrons. The van der Waals surface area contributed by atoms with E-state index < -0.39 is 30.3 Å². The molecule has 5 unspecified atom stereocenters. The van der Waals surface area contributed by atoms with Crippen LogP contribution in [0.15, 0.2) is 60.7 Å². The summed E-state index contributed by atoms with van der Waals surface area (Å²) in [6.07, 6.45) is 9.97. The Hall–Kier alpha value is -2.58. The Bertz CT molecular complexity index is 1140. The molecule has 1 aliphatic carbocycles. The summed E-state index contributed by atoms with van der Waals surface area (Å²) in [5, 5.41) is 11.0. The van der Waals surface area contributed by atoms with Crippen LogP contribution in [0.25, 0.3) is 0 Å². The largest absolute Gasteiger partial charge is 0.460 e. The highest BCUT2D eigenvalue weighted by molar-refractivity contribution is 5.86. The van der Waals surface area contributed by atoms with Gasteiger partial charge in [-0.05, 0) is 62.0 Å². The van der Waals surface area contributed by atoms with E-state index in [0.29, 0.717) is 61.7 Å². The van der Waals surface area contributed by atoms with Gasteiger partial charge >= 0.3 is 5.97 Å². The summed E-state index contributed by atoms with van der Waals surface area (Å²) in [4.78, 5) is 28.3. The standard InChI is InChI=1S/C40H58O7/c1-4-6-8-16-22-36(41)31-25-24-30(3)26-35(27-31)45-39(43)40(33-18-12-10-13-19-33,34-20-14-11-15-21-34)47-37(23-17-9-7-5-2)46-38(42)32-28-44-29-32/h10-15,18-21,30-32,35,37-38,42H,4-9,16-17,22-29H2,1-3H3. The summed E-state index contributed by atoms with van der Waals surface area (Å²) in [6, 6.07) is 18.9. The fraction of sp³-hybridized carbons (Fsp3) is 0.650. The highest BCUT2D eigenvalue weighted by Crippen LogP contribution is 2.40. The summed E-state index contributed by atoms with van der Waals surface area (Å²) in [7, 11) is 0. The Morgan fingerprint density at radius 3 is 2.04 bits per heavy atom. The lowest BCUT2D eigenvalue weighted by Crippen LogP contribution is -2.48. The van der Waals surface area contributed by atoms with Crippen LogP contribution in [-0.4, -0.2) is 48.8 Å². The van der Waals surface area contributed by atoms with Gasteiger partial charge in [0.25, 0.3) is 0 Å². The predicted molar refractivity (Wildman–Crippen MR) is 183 cm³/mol. The van der Waals surface area contributed by atoms with Gasteiger partial charge in [-0.25, -0.2) is 4.79 Å². The molecule has 1 aliphatic heterocycles. The Balaban J connectivity index is 1.66. The van der Waals surface area contributed by atoms with Gasteiger partial charge in [0, 0.05) is 12.3 Å². The van der Waals surface area contributed by atoms with Gasteiger partial charge in [-0.3, -0.25) is 4.79 Å². The molecule has 0 spiro atoms. The summed E-state index contributed by atoms with van der Waals surface area (Å²) < 4.78 is 25.0. The van der Waals surface area contributed by atoms with E-state index in [-0.39, 0.29) is 11.8 Å². The molecule has 47 heavy (non-hydrogen) atoms. The molecule has 2 aliphatic rings. The van der Waals surface area contributed by atoms with Crippen molar-refractivity contribution in [2.24, 2.45) is 17.8 Å². The monoisotopic (exact) mass is 650 g/mol. The zero-order valence-electron chi connectivity index (χ0n) is 28.9. The minimum absolute atomic E-state index is 0.113. The number of hydrogen-bond donors (Lipinski definition) is 1. The van der Waals surface area contributed by atoms with E-state index in [0.717, 1.165) is 64.2 Å². The van der Waals surface area contributed by atoms with Gasteiger partial charge in [-0.15, -0.1) is 0 Å². The van der Waals surface area contributed by atoms with Crippen LogP contribution in [0.1, 0.15) is 122 Å². The van der Waals surface area contributed by atoms with Crippen LogP contribution < -0.4 is 0 Å². The number of aliphatic hydroxyl groups is 1. The van der Waals surface area contributed by atoms with Gasteiger partial charge in [-0.2, -0.15) is 0 Å². The third-order valence-electron chi connectivity index (χ3n) is 9.83. The van der Waals surface area contributed by atoms with E-state index >= 15 is 0 Å². The van der Waals surface area contributed by atoms with Gasteiger partial charge in [-0.1, -0.05) is 120 Å². The number of carbonyl (C=O) groups excluding carboxylic acids is 2. The number of rotatable bonds is 20. The second kappa shape index (κ2) is 19.4. The number of esters is 1. The third-order valence-corrected chi connectivity index (χ3v) is 9.83. The Morgan fingerprint density at radius 2 is 1.47 bits per heavy atom. The summed E-state index contributed by atoms with van der Waals surface area (Å²) in [5.74, 6) is -0.164. The third kappa shape index (κ3) is 10.7. The normalized spacial score (nSPS) is 21.7. The van der Waals surface area contributed by atoms with Gasteiger partial charge in [0.15, 0.2) is 12.6 Å². The maximum Gasteiger partial charge on any atom is 0.348 e. The van der Waals surface area contributed by atoms with Gasteiger partial charge in [0.1, 0.15) is 11.9 Å². The first-order chi connectivity index (χ1) is 22.9.